The van der Waals surface area contributed by atoms with E-state index in [0.29, 0.717) is 36.6 Å². The molecule has 1 fully saturated rings. The molecule has 1 saturated heterocycles. The van der Waals surface area contributed by atoms with Crippen LogP contribution < -0.4 is 24.4 Å². The number of methoxy groups -OCH3 is 3. The fourth-order valence-corrected chi connectivity index (χ4v) is 4.15. The molecule has 2 amide bonds. The fraction of sp³-hybridized carbons (Fsp3) is 0.440. The van der Waals surface area contributed by atoms with E-state index in [0.717, 1.165) is 24.1 Å². The second-order valence-electron chi connectivity index (χ2n) is 7.81. The molecule has 1 N–H and O–H groups in total. The Balaban J connectivity index is 2.05. The number of nitrogens with zero attached hydrogens (tertiary/aromatic N) is 1. The van der Waals surface area contributed by atoms with Crippen molar-refractivity contribution in [3.63, 3.8) is 0 Å². The Labute approximate surface area is 189 Å². The molecule has 0 unspecified atom stereocenters. The van der Waals surface area contributed by atoms with Crippen LogP contribution in [0.5, 0.6) is 17.2 Å². The van der Waals surface area contributed by atoms with Gasteiger partial charge in [0.1, 0.15) is 5.75 Å². The average molecular weight is 441 g/mol. The van der Waals surface area contributed by atoms with Gasteiger partial charge in [-0.25, -0.2) is 0 Å². The smallest absolute Gasteiger partial charge is 0.227 e. The number of anilines is 1. The Morgan fingerprint density at radius 3 is 2.38 bits per heavy atom. The molecule has 7 nitrogen and oxygen atoms in total. The van der Waals surface area contributed by atoms with E-state index in [1.165, 1.54) is 0 Å². The minimum atomic E-state index is -0.467. The van der Waals surface area contributed by atoms with Crippen molar-refractivity contribution in [3.8, 4) is 17.2 Å². The monoisotopic (exact) mass is 440 g/mol. The third-order valence-corrected chi connectivity index (χ3v) is 5.86. The number of unbranched alkanes of at least 4 members (excludes halogenated alkanes) is 1. The number of piperidine rings is 1. The van der Waals surface area contributed by atoms with Crippen LogP contribution in [0.1, 0.15) is 44.2 Å². The van der Waals surface area contributed by atoms with Crippen molar-refractivity contribution in [3.05, 3.63) is 48.0 Å². The summed E-state index contributed by atoms with van der Waals surface area (Å²) in [4.78, 5) is 28.1. The normalized spacial score (nSPS) is 18.2. The van der Waals surface area contributed by atoms with E-state index >= 15 is 0 Å². The summed E-state index contributed by atoms with van der Waals surface area (Å²) < 4.78 is 16.1. The molecule has 0 radical (unpaired) electrons. The Morgan fingerprint density at radius 1 is 1.03 bits per heavy atom. The summed E-state index contributed by atoms with van der Waals surface area (Å²) in [6.45, 7) is 2.71. The first-order chi connectivity index (χ1) is 15.5. The van der Waals surface area contributed by atoms with E-state index in [9.17, 15) is 9.59 Å². The highest BCUT2D eigenvalue weighted by Gasteiger charge is 2.41. The largest absolute Gasteiger partial charge is 0.497 e. The molecule has 0 aromatic heterocycles. The van der Waals surface area contributed by atoms with Crippen LogP contribution in [0.3, 0.4) is 0 Å². The van der Waals surface area contributed by atoms with Crippen LogP contribution in [0.4, 0.5) is 5.69 Å². The van der Waals surface area contributed by atoms with Gasteiger partial charge in [-0.2, -0.15) is 0 Å². The van der Waals surface area contributed by atoms with Gasteiger partial charge >= 0.3 is 0 Å². The number of hydrogen-bond donors (Lipinski definition) is 1. The average Bonchev–Trinajstić information content (AvgIpc) is 2.83. The van der Waals surface area contributed by atoms with Gasteiger partial charge in [0.15, 0.2) is 11.5 Å². The predicted octanol–water partition coefficient (Wildman–Crippen LogP) is 4.11. The standard InChI is InChI=1S/C25H32N2O5/c1-5-6-15-26-25(29)20-12-14-23(28)27(18-8-10-19(30-2)11-9-18)24(20)17-7-13-21(31-3)22(16-17)32-4/h7-11,13,16,20,24H,5-6,12,14-15H2,1-4H3,(H,26,29)/t20-,24+/m1/s1. The molecule has 32 heavy (non-hydrogen) atoms. The summed E-state index contributed by atoms with van der Waals surface area (Å²) in [6, 6.07) is 12.4. The Kier molecular flexibility index (Phi) is 7.98. The van der Waals surface area contributed by atoms with Crippen LogP contribution in [-0.2, 0) is 9.59 Å². The lowest BCUT2D eigenvalue weighted by atomic mass is 9.83. The number of carbonyl (C=O) groups is 2. The molecule has 0 saturated carbocycles. The number of amides is 2. The van der Waals surface area contributed by atoms with Crippen LogP contribution in [0.25, 0.3) is 0 Å². The molecule has 172 valence electrons. The lowest BCUT2D eigenvalue weighted by molar-refractivity contribution is -0.129. The van der Waals surface area contributed by atoms with Gasteiger partial charge in [-0.05, 0) is 54.8 Å². The highest BCUT2D eigenvalue weighted by Crippen LogP contribution is 2.42. The first-order valence-corrected chi connectivity index (χ1v) is 11.0. The van der Waals surface area contributed by atoms with E-state index in [4.69, 9.17) is 14.2 Å². The minimum absolute atomic E-state index is 0.0208. The van der Waals surface area contributed by atoms with E-state index in [1.807, 2.05) is 42.5 Å². The Bertz CT molecular complexity index is 928. The summed E-state index contributed by atoms with van der Waals surface area (Å²) in [7, 11) is 4.75. The Morgan fingerprint density at radius 2 is 1.75 bits per heavy atom. The van der Waals surface area contributed by atoms with Crippen molar-refractivity contribution in [1.82, 2.24) is 5.32 Å². The number of rotatable bonds is 9. The number of benzene rings is 2. The molecular weight excluding hydrogens is 408 g/mol. The first-order valence-electron chi connectivity index (χ1n) is 11.0. The second kappa shape index (κ2) is 10.9. The molecule has 2 aromatic rings. The molecule has 3 rings (SSSR count). The van der Waals surface area contributed by atoms with Gasteiger partial charge in [-0.15, -0.1) is 0 Å². The highest BCUT2D eigenvalue weighted by atomic mass is 16.5. The zero-order valence-corrected chi connectivity index (χ0v) is 19.2. The van der Waals surface area contributed by atoms with Gasteiger partial charge in [-0.1, -0.05) is 19.4 Å². The third-order valence-electron chi connectivity index (χ3n) is 5.86. The number of hydrogen-bond acceptors (Lipinski definition) is 5. The Hall–Kier alpha value is -3.22. The maximum absolute atomic E-state index is 13.2. The van der Waals surface area contributed by atoms with E-state index in [2.05, 4.69) is 12.2 Å². The predicted molar refractivity (Wildman–Crippen MR) is 123 cm³/mol. The molecule has 1 heterocycles. The van der Waals surface area contributed by atoms with Crippen LogP contribution >= 0.6 is 0 Å². The second-order valence-corrected chi connectivity index (χ2v) is 7.81. The maximum Gasteiger partial charge on any atom is 0.227 e. The third kappa shape index (κ3) is 4.98. The van der Waals surface area contributed by atoms with Gasteiger partial charge in [0.05, 0.1) is 33.3 Å². The molecule has 1 aliphatic heterocycles. The van der Waals surface area contributed by atoms with Crippen molar-refractivity contribution < 1.29 is 23.8 Å². The van der Waals surface area contributed by atoms with Gasteiger partial charge in [0, 0.05) is 18.7 Å². The summed E-state index contributed by atoms with van der Waals surface area (Å²) >= 11 is 0. The van der Waals surface area contributed by atoms with Crippen molar-refractivity contribution in [2.45, 2.75) is 38.6 Å². The van der Waals surface area contributed by atoms with E-state index in [1.54, 1.807) is 26.2 Å². The van der Waals surface area contributed by atoms with Crippen molar-refractivity contribution in [2.24, 2.45) is 5.92 Å². The lowest BCUT2D eigenvalue weighted by Crippen LogP contribution is -2.48. The molecular formula is C25H32N2O5. The zero-order valence-electron chi connectivity index (χ0n) is 19.2. The van der Waals surface area contributed by atoms with Gasteiger partial charge < -0.3 is 24.4 Å². The topological polar surface area (TPSA) is 77.1 Å². The van der Waals surface area contributed by atoms with Crippen molar-refractivity contribution in [2.75, 3.05) is 32.8 Å². The molecule has 2 atom stereocenters. The highest BCUT2D eigenvalue weighted by molar-refractivity contribution is 5.97. The van der Waals surface area contributed by atoms with E-state index in [-0.39, 0.29) is 17.7 Å². The fourth-order valence-electron chi connectivity index (χ4n) is 4.15. The van der Waals surface area contributed by atoms with Crippen molar-refractivity contribution >= 4 is 17.5 Å². The summed E-state index contributed by atoms with van der Waals surface area (Å²) in [6.07, 6.45) is 2.71. The number of nitrogens with one attached hydrogen (secondary N) is 1. The van der Waals surface area contributed by atoms with Crippen molar-refractivity contribution in [1.29, 1.82) is 0 Å². The van der Waals surface area contributed by atoms with Gasteiger partial charge in [0.25, 0.3) is 0 Å². The quantitative estimate of drug-likeness (QED) is 0.594. The summed E-state index contributed by atoms with van der Waals surface area (Å²) in [5, 5.41) is 3.06. The van der Waals surface area contributed by atoms with Crippen LogP contribution in [-0.4, -0.2) is 39.7 Å². The van der Waals surface area contributed by atoms with Crippen LogP contribution in [0.2, 0.25) is 0 Å². The molecule has 1 aliphatic rings. The molecule has 2 aromatic carbocycles. The van der Waals surface area contributed by atoms with Crippen LogP contribution in [0, 0.1) is 5.92 Å². The number of carbonyl (C=O) groups excluding carboxylic acids is 2. The maximum atomic E-state index is 13.2. The number of ether oxygens (including phenoxy) is 3. The molecule has 0 aliphatic carbocycles. The molecule has 0 bridgehead atoms. The zero-order chi connectivity index (χ0) is 23.1. The first kappa shape index (κ1) is 23.4. The van der Waals surface area contributed by atoms with Gasteiger partial charge in [0.2, 0.25) is 11.8 Å². The minimum Gasteiger partial charge on any atom is -0.497 e. The molecule has 0 spiro atoms. The van der Waals surface area contributed by atoms with E-state index < -0.39 is 6.04 Å². The summed E-state index contributed by atoms with van der Waals surface area (Å²) in [5.41, 5.74) is 1.55. The lowest BCUT2D eigenvalue weighted by Gasteiger charge is -2.41. The van der Waals surface area contributed by atoms with Crippen LogP contribution in [0.15, 0.2) is 42.5 Å². The SMILES string of the molecule is CCCCNC(=O)[C@@H]1CCC(=O)N(c2ccc(OC)cc2)[C@H]1c1ccc(OC)c(OC)c1. The molecule has 7 heteroatoms. The van der Waals surface area contributed by atoms with Gasteiger partial charge in [-0.3, -0.25) is 9.59 Å². The summed E-state index contributed by atoms with van der Waals surface area (Å²) in [5.74, 6) is 1.41.